The number of rotatable bonds is 3. The zero-order valence-electron chi connectivity index (χ0n) is 9.84. The van der Waals surface area contributed by atoms with Gasteiger partial charge in [-0.05, 0) is 36.2 Å². The van der Waals surface area contributed by atoms with Crippen LogP contribution in [0, 0.1) is 11.6 Å². The Morgan fingerprint density at radius 2 is 1.89 bits per heavy atom. The molecular formula is C14H11BrClF2N. The van der Waals surface area contributed by atoms with Crippen LogP contribution >= 0.6 is 27.5 Å². The minimum absolute atomic E-state index is 0.0596. The third kappa shape index (κ3) is 3.32. The molecule has 0 aliphatic carbocycles. The van der Waals surface area contributed by atoms with Crippen LogP contribution in [-0.2, 0) is 6.42 Å². The monoisotopic (exact) mass is 345 g/mol. The van der Waals surface area contributed by atoms with Crippen LogP contribution in [0.5, 0.6) is 0 Å². The van der Waals surface area contributed by atoms with Gasteiger partial charge in [-0.25, -0.2) is 8.78 Å². The van der Waals surface area contributed by atoms with Crippen molar-refractivity contribution >= 4 is 27.5 Å². The summed E-state index contributed by atoms with van der Waals surface area (Å²) in [6, 6.07) is 8.57. The van der Waals surface area contributed by atoms with Gasteiger partial charge in [-0.1, -0.05) is 39.7 Å². The maximum Gasteiger partial charge on any atom is 0.142 e. The van der Waals surface area contributed by atoms with Crippen LogP contribution in [0.2, 0.25) is 5.02 Å². The molecule has 1 nitrogen and oxygen atoms in total. The minimum Gasteiger partial charge on any atom is -0.324 e. The lowest BCUT2D eigenvalue weighted by atomic mass is 9.99. The average Bonchev–Trinajstić information content (AvgIpc) is 2.33. The Kier molecular flexibility index (Phi) is 4.55. The van der Waals surface area contributed by atoms with Gasteiger partial charge in [0, 0.05) is 16.1 Å². The van der Waals surface area contributed by atoms with Gasteiger partial charge in [-0.2, -0.15) is 0 Å². The van der Waals surface area contributed by atoms with E-state index in [4.69, 9.17) is 17.3 Å². The predicted molar refractivity (Wildman–Crippen MR) is 76.1 cm³/mol. The number of benzene rings is 2. The molecule has 0 bridgehead atoms. The maximum absolute atomic E-state index is 13.7. The second-order valence-electron chi connectivity index (χ2n) is 4.19. The van der Waals surface area contributed by atoms with Crippen molar-refractivity contribution in [2.45, 2.75) is 12.5 Å². The lowest BCUT2D eigenvalue weighted by molar-refractivity contribution is 0.576. The van der Waals surface area contributed by atoms with Gasteiger partial charge in [0.05, 0.1) is 5.02 Å². The second kappa shape index (κ2) is 5.99. The van der Waals surface area contributed by atoms with Gasteiger partial charge < -0.3 is 5.73 Å². The van der Waals surface area contributed by atoms with Crippen molar-refractivity contribution in [3.8, 4) is 0 Å². The Balaban J connectivity index is 2.25. The van der Waals surface area contributed by atoms with Gasteiger partial charge >= 0.3 is 0 Å². The van der Waals surface area contributed by atoms with Crippen LogP contribution in [-0.4, -0.2) is 0 Å². The van der Waals surface area contributed by atoms with Crippen LogP contribution in [0.25, 0.3) is 0 Å². The van der Waals surface area contributed by atoms with Gasteiger partial charge in [-0.15, -0.1) is 0 Å². The number of halogens is 4. The van der Waals surface area contributed by atoms with Gasteiger partial charge in [0.2, 0.25) is 0 Å². The Labute approximate surface area is 123 Å². The highest BCUT2D eigenvalue weighted by atomic mass is 79.9. The zero-order chi connectivity index (χ0) is 14.0. The van der Waals surface area contributed by atoms with Crippen molar-refractivity contribution in [1.82, 2.24) is 0 Å². The molecule has 2 N–H and O–H groups in total. The van der Waals surface area contributed by atoms with Gasteiger partial charge in [0.25, 0.3) is 0 Å². The molecular weight excluding hydrogens is 336 g/mol. The number of hydrogen-bond acceptors (Lipinski definition) is 1. The lowest BCUT2D eigenvalue weighted by Gasteiger charge is -2.15. The third-order valence-electron chi connectivity index (χ3n) is 2.81. The highest BCUT2D eigenvalue weighted by molar-refractivity contribution is 9.10. The molecule has 1 unspecified atom stereocenters. The summed E-state index contributed by atoms with van der Waals surface area (Å²) in [5.74, 6) is -0.879. The molecule has 2 aromatic carbocycles. The first-order valence-electron chi connectivity index (χ1n) is 5.62. The molecule has 0 saturated carbocycles. The highest BCUT2D eigenvalue weighted by Gasteiger charge is 2.16. The first-order valence-corrected chi connectivity index (χ1v) is 6.79. The van der Waals surface area contributed by atoms with Crippen molar-refractivity contribution in [3.05, 3.63) is 68.7 Å². The minimum atomic E-state index is -0.559. The molecule has 19 heavy (non-hydrogen) atoms. The van der Waals surface area contributed by atoms with E-state index in [0.29, 0.717) is 22.0 Å². The molecule has 2 aromatic rings. The topological polar surface area (TPSA) is 26.0 Å². The summed E-state index contributed by atoms with van der Waals surface area (Å²) >= 11 is 8.88. The van der Waals surface area contributed by atoms with E-state index in [2.05, 4.69) is 15.9 Å². The van der Waals surface area contributed by atoms with Crippen LogP contribution in [0.1, 0.15) is 17.2 Å². The summed E-state index contributed by atoms with van der Waals surface area (Å²) in [6.45, 7) is 0. The summed E-state index contributed by atoms with van der Waals surface area (Å²) in [4.78, 5) is 0. The van der Waals surface area contributed by atoms with E-state index in [-0.39, 0.29) is 10.8 Å². The normalized spacial score (nSPS) is 12.5. The summed E-state index contributed by atoms with van der Waals surface area (Å²) in [7, 11) is 0. The van der Waals surface area contributed by atoms with E-state index >= 15 is 0 Å². The van der Waals surface area contributed by atoms with Gasteiger partial charge in [-0.3, -0.25) is 0 Å². The third-order valence-corrected chi connectivity index (χ3v) is 3.81. The largest absolute Gasteiger partial charge is 0.324 e. The van der Waals surface area contributed by atoms with E-state index in [1.807, 2.05) is 0 Å². The van der Waals surface area contributed by atoms with Gasteiger partial charge in [0.1, 0.15) is 11.6 Å². The maximum atomic E-state index is 13.7. The first kappa shape index (κ1) is 14.4. The Hall–Kier alpha value is -0.970. The van der Waals surface area contributed by atoms with Crippen molar-refractivity contribution in [2.75, 3.05) is 0 Å². The molecule has 0 aliphatic heterocycles. The smallest absolute Gasteiger partial charge is 0.142 e. The van der Waals surface area contributed by atoms with Crippen LogP contribution in [0.4, 0.5) is 8.78 Å². The Morgan fingerprint density at radius 1 is 1.16 bits per heavy atom. The summed E-state index contributed by atoms with van der Waals surface area (Å²) < 4.78 is 27.7. The van der Waals surface area contributed by atoms with E-state index in [9.17, 15) is 8.78 Å². The van der Waals surface area contributed by atoms with E-state index in [1.54, 1.807) is 18.2 Å². The van der Waals surface area contributed by atoms with Crippen molar-refractivity contribution in [1.29, 1.82) is 0 Å². The predicted octanol–water partition coefficient (Wildman–Crippen LogP) is 4.62. The van der Waals surface area contributed by atoms with Crippen molar-refractivity contribution in [2.24, 2.45) is 5.73 Å². The fraction of sp³-hybridized carbons (Fsp3) is 0.143. The number of nitrogens with two attached hydrogens (primary N) is 1. The number of hydrogen-bond donors (Lipinski definition) is 1. The van der Waals surface area contributed by atoms with Gasteiger partial charge in [0.15, 0.2) is 0 Å². The standard InChI is InChI=1S/C14H11BrClF2N/c15-9-2-1-3-11(17)14(9)13(19)7-8-4-5-10(16)12(18)6-8/h1-6,13H,7,19H2. The lowest BCUT2D eigenvalue weighted by Crippen LogP contribution is -2.15. The van der Waals surface area contributed by atoms with Crippen LogP contribution in [0.3, 0.4) is 0 Å². The molecule has 1 atom stereocenters. The summed E-state index contributed by atoms with van der Waals surface area (Å²) in [5, 5.41) is 0.0596. The Morgan fingerprint density at radius 3 is 2.53 bits per heavy atom. The van der Waals surface area contributed by atoms with E-state index < -0.39 is 11.9 Å². The van der Waals surface area contributed by atoms with E-state index in [0.717, 1.165) is 0 Å². The molecule has 0 aliphatic rings. The van der Waals surface area contributed by atoms with Crippen LogP contribution in [0.15, 0.2) is 40.9 Å². The fourth-order valence-corrected chi connectivity index (χ4v) is 2.64. The molecule has 5 heteroatoms. The molecule has 0 fully saturated rings. The zero-order valence-corrected chi connectivity index (χ0v) is 12.2. The van der Waals surface area contributed by atoms with Crippen LogP contribution < -0.4 is 5.73 Å². The second-order valence-corrected chi connectivity index (χ2v) is 5.46. The quantitative estimate of drug-likeness (QED) is 0.862. The summed E-state index contributed by atoms with van der Waals surface area (Å²) in [6.07, 6.45) is 0.327. The molecule has 0 saturated heterocycles. The molecule has 2 rings (SSSR count). The molecule has 0 heterocycles. The fourth-order valence-electron chi connectivity index (χ4n) is 1.89. The first-order chi connectivity index (χ1) is 8.99. The Bertz CT molecular complexity index is 584. The molecule has 100 valence electrons. The van der Waals surface area contributed by atoms with E-state index in [1.165, 1.54) is 18.2 Å². The molecule has 0 radical (unpaired) electrons. The van der Waals surface area contributed by atoms with Crippen molar-refractivity contribution < 1.29 is 8.78 Å². The molecule has 0 amide bonds. The SMILES string of the molecule is NC(Cc1ccc(Cl)c(F)c1)c1c(F)cccc1Br. The highest BCUT2D eigenvalue weighted by Crippen LogP contribution is 2.27. The summed E-state index contributed by atoms with van der Waals surface area (Å²) in [5.41, 5.74) is 7.05. The van der Waals surface area contributed by atoms with Crippen molar-refractivity contribution in [3.63, 3.8) is 0 Å². The molecule has 0 aromatic heterocycles. The average molecular weight is 347 g/mol. The molecule has 0 spiro atoms.